The zero-order valence-electron chi connectivity index (χ0n) is 31.3. The van der Waals surface area contributed by atoms with Gasteiger partial charge >= 0.3 is 12.4 Å². The summed E-state index contributed by atoms with van der Waals surface area (Å²) in [5.74, 6) is -1.30. The van der Waals surface area contributed by atoms with E-state index in [0.717, 1.165) is 39.6 Å². The number of rotatable bonds is 8. The molecule has 0 fully saturated rings. The number of hydrogen-bond acceptors (Lipinski definition) is 4. The van der Waals surface area contributed by atoms with E-state index in [4.69, 9.17) is 9.47 Å². The van der Waals surface area contributed by atoms with Gasteiger partial charge < -0.3 is 9.47 Å². The van der Waals surface area contributed by atoms with Crippen molar-refractivity contribution in [1.82, 2.24) is 0 Å². The van der Waals surface area contributed by atoms with Gasteiger partial charge in [-0.2, -0.15) is 26.3 Å². The standard InChI is InChI=1S/C48H31F6NO4/c1-28-14-21-43(40(24-28)48(52,53)54)58-35-19-23-42(39(27-35)32-10-6-11-33(26-32)47(49,50)51)59-41-22-18-34(25-29(41)2)55-45(56)37-13-7-12-36-31(16-15-30-8-4-3-5-9-30)17-20-38(44(36)37)46(55)57/h3-27H,1-2H3. The fourth-order valence-corrected chi connectivity index (χ4v) is 7.09. The second-order valence-corrected chi connectivity index (χ2v) is 14.0. The van der Waals surface area contributed by atoms with E-state index in [9.17, 15) is 35.9 Å². The minimum Gasteiger partial charge on any atom is -0.457 e. The van der Waals surface area contributed by atoms with Crippen LogP contribution in [0.3, 0.4) is 0 Å². The first-order valence-electron chi connectivity index (χ1n) is 18.3. The smallest absolute Gasteiger partial charge is 0.419 e. The summed E-state index contributed by atoms with van der Waals surface area (Å²) in [6, 6.07) is 35.3. The Kier molecular flexibility index (Phi) is 9.83. The number of anilines is 1. The molecule has 0 saturated carbocycles. The summed E-state index contributed by atoms with van der Waals surface area (Å²) in [5.41, 5.74) is 1.83. The van der Waals surface area contributed by atoms with E-state index in [1.807, 2.05) is 54.6 Å². The normalized spacial score (nSPS) is 13.1. The zero-order valence-corrected chi connectivity index (χ0v) is 31.3. The first kappa shape index (κ1) is 38.7. The Labute approximate surface area is 334 Å². The topological polar surface area (TPSA) is 55.8 Å². The Morgan fingerprint density at radius 2 is 1.27 bits per heavy atom. The molecule has 7 aromatic carbocycles. The minimum absolute atomic E-state index is 0.0607. The largest absolute Gasteiger partial charge is 0.457 e. The number of benzene rings is 7. The molecule has 8 rings (SSSR count). The molecule has 1 aliphatic rings. The number of carbonyl (C=O) groups excluding carboxylic acids is 2. The molecular formula is C48H31F6NO4. The van der Waals surface area contributed by atoms with Gasteiger partial charge in [-0.1, -0.05) is 84.4 Å². The maximum Gasteiger partial charge on any atom is 0.419 e. The minimum atomic E-state index is -4.73. The van der Waals surface area contributed by atoms with Crippen molar-refractivity contribution < 1.29 is 45.4 Å². The van der Waals surface area contributed by atoms with Crippen molar-refractivity contribution in [3.05, 3.63) is 184 Å². The monoisotopic (exact) mass is 799 g/mol. The number of carbonyl (C=O) groups is 2. The molecule has 5 nitrogen and oxygen atoms in total. The van der Waals surface area contributed by atoms with E-state index in [0.29, 0.717) is 27.6 Å². The van der Waals surface area contributed by atoms with E-state index < -0.39 is 41.0 Å². The number of amides is 2. The van der Waals surface area contributed by atoms with Gasteiger partial charge in [0.25, 0.3) is 11.8 Å². The van der Waals surface area contributed by atoms with Crippen LogP contribution < -0.4 is 14.4 Å². The summed E-state index contributed by atoms with van der Waals surface area (Å²) < 4.78 is 95.2. The Hall–Kier alpha value is -7.14. The molecular weight excluding hydrogens is 769 g/mol. The fraction of sp³-hybridized carbons (Fsp3) is 0.0833. The average Bonchev–Trinajstić information content (AvgIpc) is 3.21. The van der Waals surface area contributed by atoms with Gasteiger partial charge in [-0.15, -0.1) is 0 Å². The van der Waals surface area contributed by atoms with Crippen LogP contribution in [0, 0.1) is 13.8 Å². The van der Waals surface area contributed by atoms with Crippen molar-refractivity contribution in [1.29, 1.82) is 0 Å². The van der Waals surface area contributed by atoms with Gasteiger partial charge in [0.2, 0.25) is 0 Å². The number of aryl methyl sites for hydroxylation is 2. The quantitative estimate of drug-likeness (QED) is 0.0873. The third kappa shape index (κ3) is 7.66. The lowest BCUT2D eigenvalue weighted by molar-refractivity contribution is -0.139. The molecule has 0 bridgehead atoms. The maximum atomic E-state index is 14.0. The first-order chi connectivity index (χ1) is 28.2. The summed E-state index contributed by atoms with van der Waals surface area (Å²) in [5, 5.41) is 1.30. The van der Waals surface area contributed by atoms with Crippen LogP contribution in [-0.4, -0.2) is 11.8 Å². The van der Waals surface area contributed by atoms with Gasteiger partial charge in [-0.25, -0.2) is 4.90 Å². The lowest BCUT2D eigenvalue weighted by Gasteiger charge is -2.28. The number of nitrogens with zero attached hydrogens (tertiary/aromatic N) is 1. The van der Waals surface area contributed by atoms with Crippen molar-refractivity contribution in [3.63, 3.8) is 0 Å². The van der Waals surface area contributed by atoms with Gasteiger partial charge in [0.1, 0.15) is 23.0 Å². The molecule has 1 aliphatic heterocycles. The first-order valence-corrected chi connectivity index (χ1v) is 18.3. The summed E-state index contributed by atoms with van der Waals surface area (Å²) >= 11 is 0. The second-order valence-electron chi connectivity index (χ2n) is 14.0. The summed E-state index contributed by atoms with van der Waals surface area (Å²) in [4.78, 5) is 29.2. The zero-order chi connectivity index (χ0) is 41.6. The molecule has 0 spiro atoms. The highest BCUT2D eigenvalue weighted by molar-refractivity contribution is 6.36. The fourth-order valence-electron chi connectivity index (χ4n) is 7.09. The predicted molar refractivity (Wildman–Crippen MR) is 215 cm³/mol. The predicted octanol–water partition coefficient (Wildman–Crippen LogP) is 13.7. The number of hydrogen-bond donors (Lipinski definition) is 0. The van der Waals surface area contributed by atoms with Gasteiger partial charge in [0.05, 0.1) is 16.8 Å². The van der Waals surface area contributed by atoms with Crippen LogP contribution in [0.1, 0.15) is 54.1 Å². The number of ether oxygens (including phenoxy) is 2. The highest BCUT2D eigenvalue weighted by Gasteiger charge is 2.36. The molecule has 0 aromatic heterocycles. The SMILES string of the molecule is Cc1ccc(Oc2ccc(Oc3ccc(N4C(=O)c5cccc6c(C=Cc7ccccc7)ccc(c56)C4=O)cc3C)c(-c3cccc(C(F)(F)F)c3)c2)c(C(F)(F)F)c1. The van der Waals surface area contributed by atoms with Crippen LogP contribution in [0.15, 0.2) is 140 Å². The number of alkyl halides is 6. The van der Waals surface area contributed by atoms with Crippen LogP contribution in [0.2, 0.25) is 0 Å². The molecule has 59 heavy (non-hydrogen) atoms. The Balaban J connectivity index is 1.12. The third-order valence-corrected chi connectivity index (χ3v) is 9.95. The lowest BCUT2D eigenvalue weighted by atomic mass is 9.90. The van der Waals surface area contributed by atoms with Crippen LogP contribution in [-0.2, 0) is 12.4 Å². The van der Waals surface area contributed by atoms with Crippen LogP contribution in [0.5, 0.6) is 23.0 Å². The van der Waals surface area contributed by atoms with Crippen molar-refractivity contribution in [2.45, 2.75) is 26.2 Å². The van der Waals surface area contributed by atoms with E-state index >= 15 is 0 Å². The van der Waals surface area contributed by atoms with Gasteiger partial charge in [0.15, 0.2) is 0 Å². The number of imide groups is 1. The molecule has 7 aromatic rings. The molecule has 11 heteroatoms. The summed E-state index contributed by atoms with van der Waals surface area (Å²) in [7, 11) is 0. The van der Waals surface area contributed by atoms with E-state index in [1.165, 1.54) is 61.5 Å². The molecule has 0 N–H and O–H groups in total. The Morgan fingerprint density at radius 1 is 0.559 bits per heavy atom. The second kappa shape index (κ2) is 15.0. The van der Waals surface area contributed by atoms with Crippen molar-refractivity contribution in [2.24, 2.45) is 0 Å². The molecule has 0 radical (unpaired) electrons. The summed E-state index contributed by atoms with van der Waals surface area (Å²) in [6.07, 6.45) is -5.52. The number of halogens is 6. The Bertz CT molecular complexity index is 2810. The van der Waals surface area contributed by atoms with E-state index in [-0.39, 0.29) is 34.1 Å². The summed E-state index contributed by atoms with van der Waals surface area (Å²) in [6.45, 7) is 3.18. The molecule has 294 valence electrons. The highest BCUT2D eigenvalue weighted by Crippen LogP contribution is 2.44. The molecule has 0 atom stereocenters. The van der Waals surface area contributed by atoms with Crippen molar-refractivity contribution in [3.8, 4) is 34.1 Å². The van der Waals surface area contributed by atoms with Crippen molar-refractivity contribution in [2.75, 3.05) is 4.90 Å². The average molecular weight is 800 g/mol. The molecule has 0 aliphatic carbocycles. The highest BCUT2D eigenvalue weighted by atomic mass is 19.4. The Morgan fingerprint density at radius 3 is 2.00 bits per heavy atom. The lowest BCUT2D eigenvalue weighted by Crippen LogP contribution is -2.40. The van der Waals surface area contributed by atoms with Crippen LogP contribution in [0.4, 0.5) is 32.0 Å². The van der Waals surface area contributed by atoms with Gasteiger partial charge in [-0.3, -0.25) is 9.59 Å². The van der Waals surface area contributed by atoms with E-state index in [1.54, 1.807) is 31.2 Å². The van der Waals surface area contributed by atoms with Gasteiger partial charge in [-0.05, 0) is 114 Å². The third-order valence-electron chi connectivity index (χ3n) is 9.95. The molecule has 0 saturated heterocycles. The molecule has 0 unspecified atom stereocenters. The van der Waals surface area contributed by atoms with Crippen LogP contribution in [0.25, 0.3) is 34.1 Å². The maximum absolute atomic E-state index is 14.0. The van der Waals surface area contributed by atoms with E-state index in [2.05, 4.69) is 0 Å². The van der Waals surface area contributed by atoms with Crippen LogP contribution >= 0.6 is 0 Å². The molecule has 1 heterocycles. The van der Waals surface area contributed by atoms with Crippen molar-refractivity contribution >= 4 is 40.4 Å². The van der Waals surface area contributed by atoms with Gasteiger partial charge in [0, 0.05) is 22.1 Å². The molecule has 2 amide bonds.